The number of amides is 1. The van der Waals surface area contributed by atoms with Crippen LogP contribution in [0.3, 0.4) is 0 Å². The van der Waals surface area contributed by atoms with Gasteiger partial charge in [0.05, 0.1) is 5.41 Å². The summed E-state index contributed by atoms with van der Waals surface area (Å²) in [6, 6.07) is 0. The molecule has 0 aromatic rings. The molecule has 0 radical (unpaired) electrons. The van der Waals surface area contributed by atoms with Gasteiger partial charge in [-0.2, -0.15) is 0 Å². The van der Waals surface area contributed by atoms with E-state index in [2.05, 4.69) is 6.58 Å². The molecule has 0 aromatic carbocycles. The highest BCUT2D eigenvalue weighted by atomic mass is 16.4. The van der Waals surface area contributed by atoms with Crippen LogP contribution < -0.4 is 0 Å². The summed E-state index contributed by atoms with van der Waals surface area (Å²) in [4.78, 5) is 24.4. The third kappa shape index (κ3) is 4.47. The average molecular weight is 227 g/mol. The van der Waals surface area contributed by atoms with Crippen molar-refractivity contribution in [1.29, 1.82) is 0 Å². The number of aliphatic carboxylic acids is 1. The molecule has 0 saturated heterocycles. The zero-order valence-electron chi connectivity index (χ0n) is 10.3. The lowest BCUT2D eigenvalue weighted by molar-refractivity contribution is -0.151. The van der Waals surface area contributed by atoms with Crippen LogP contribution in [0.2, 0.25) is 0 Å². The lowest BCUT2D eigenvalue weighted by Crippen LogP contribution is -2.37. The first-order valence-electron chi connectivity index (χ1n) is 5.47. The summed E-state index contributed by atoms with van der Waals surface area (Å²) in [6.07, 6.45) is 2.53. The van der Waals surface area contributed by atoms with Crippen molar-refractivity contribution in [1.82, 2.24) is 4.90 Å². The predicted molar refractivity (Wildman–Crippen MR) is 63.1 cm³/mol. The molecule has 0 rings (SSSR count). The topological polar surface area (TPSA) is 57.6 Å². The maximum absolute atomic E-state index is 11.9. The molecule has 0 fully saturated rings. The molecular formula is C12H21NO3. The third-order valence-corrected chi connectivity index (χ3v) is 2.37. The Labute approximate surface area is 96.9 Å². The van der Waals surface area contributed by atoms with Gasteiger partial charge in [-0.1, -0.05) is 13.0 Å². The number of nitrogens with zero attached hydrogens (tertiary/aromatic N) is 1. The van der Waals surface area contributed by atoms with E-state index in [0.717, 1.165) is 6.42 Å². The second-order valence-corrected chi connectivity index (χ2v) is 4.49. The molecule has 0 aliphatic rings. The van der Waals surface area contributed by atoms with Gasteiger partial charge < -0.3 is 10.0 Å². The summed E-state index contributed by atoms with van der Waals surface area (Å²) >= 11 is 0. The molecule has 0 bridgehead atoms. The SMILES string of the molecule is C=CCN(CCC)C(=O)CC(C)(C)C(=O)O. The van der Waals surface area contributed by atoms with Crippen molar-refractivity contribution in [2.24, 2.45) is 5.41 Å². The minimum atomic E-state index is -1.01. The first kappa shape index (κ1) is 14.7. The van der Waals surface area contributed by atoms with Gasteiger partial charge in [0.2, 0.25) is 5.91 Å². The predicted octanol–water partition coefficient (Wildman–Crippen LogP) is 1.91. The van der Waals surface area contributed by atoms with Gasteiger partial charge in [0.1, 0.15) is 0 Å². The number of hydrogen-bond acceptors (Lipinski definition) is 2. The van der Waals surface area contributed by atoms with Gasteiger partial charge >= 0.3 is 5.97 Å². The largest absolute Gasteiger partial charge is 0.481 e. The molecule has 0 saturated carbocycles. The van der Waals surface area contributed by atoms with Crippen molar-refractivity contribution in [3.05, 3.63) is 12.7 Å². The minimum Gasteiger partial charge on any atom is -0.481 e. The van der Waals surface area contributed by atoms with Gasteiger partial charge in [-0.05, 0) is 20.3 Å². The second-order valence-electron chi connectivity index (χ2n) is 4.49. The summed E-state index contributed by atoms with van der Waals surface area (Å²) < 4.78 is 0. The molecule has 92 valence electrons. The fourth-order valence-electron chi connectivity index (χ4n) is 1.31. The van der Waals surface area contributed by atoms with Crippen LogP contribution in [0.4, 0.5) is 0 Å². The van der Waals surface area contributed by atoms with E-state index in [4.69, 9.17) is 5.11 Å². The Morgan fingerprint density at radius 3 is 2.38 bits per heavy atom. The highest BCUT2D eigenvalue weighted by molar-refractivity contribution is 5.84. The Bertz CT molecular complexity index is 271. The van der Waals surface area contributed by atoms with E-state index in [-0.39, 0.29) is 12.3 Å². The molecule has 1 amide bonds. The molecule has 0 aliphatic heterocycles. The molecule has 1 N–H and O–H groups in total. The van der Waals surface area contributed by atoms with Crippen molar-refractivity contribution in [2.45, 2.75) is 33.6 Å². The molecule has 16 heavy (non-hydrogen) atoms. The quantitative estimate of drug-likeness (QED) is 0.676. The highest BCUT2D eigenvalue weighted by Crippen LogP contribution is 2.21. The lowest BCUT2D eigenvalue weighted by atomic mass is 9.89. The Hall–Kier alpha value is -1.32. The van der Waals surface area contributed by atoms with E-state index in [0.29, 0.717) is 13.1 Å². The molecule has 4 nitrogen and oxygen atoms in total. The summed E-state index contributed by atoms with van der Waals surface area (Å²) in [5, 5.41) is 8.94. The number of carboxylic acid groups (broad SMARTS) is 1. The molecule has 0 aliphatic carbocycles. The molecule has 0 heterocycles. The number of carbonyl (C=O) groups is 2. The number of carbonyl (C=O) groups excluding carboxylic acids is 1. The Morgan fingerprint density at radius 2 is 2.00 bits per heavy atom. The monoisotopic (exact) mass is 227 g/mol. The Morgan fingerprint density at radius 1 is 1.44 bits per heavy atom. The minimum absolute atomic E-state index is 0.0240. The van der Waals surface area contributed by atoms with E-state index in [1.165, 1.54) is 0 Å². The zero-order valence-corrected chi connectivity index (χ0v) is 10.3. The highest BCUT2D eigenvalue weighted by Gasteiger charge is 2.31. The fraction of sp³-hybridized carbons (Fsp3) is 0.667. The van der Waals surface area contributed by atoms with Crippen LogP contribution in [0, 0.1) is 5.41 Å². The van der Waals surface area contributed by atoms with Crippen molar-refractivity contribution in [3.8, 4) is 0 Å². The van der Waals surface area contributed by atoms with Crippen molar-refractivity contribution >= 4 is 11.9 Å². The Balaban J connectivity index is 4.51. The second kappa shape index (κ2) is 6.30. The van der Waals surface area contributed by atoms with E-state index in [1.807, 2.05) is 6.92 Å². The standard InChI is InChI=1S/C12H21NO3/c1-5-7-13(8-6-2)10(14)9-12(3,4)11(15)16/h5H,1,6-9H2,2-4H3,(H,15,16). The van der Waals surface area contributed by atoms with Gasteiger partial charge in [0.25, 0.3) is 0 Å². The van der Waals surface area contributed by atoms with Crippen LogP contribution in [0.5, 0.6) is 0 Å². The maximum Gasteiger partial charge on any atom is 0.309 e. The molecular weight excluding hydrogens is 206 g/mol. The molecule has 0 aromatic heterocycles. The number of rotatable bonds is 7. The van der Waals surface area contributed by atoms with Crippen molar-refractivity contribution in [2.75, 3.05) is 13.1 Å². The molecule has 0 spiro atoms. The van der Waals surface area contributed by atoms with E-state index >= 15 is 0 Å². The number of carboxylic acids is 1. The lowest BCUT2D eigenvalue weighted by Gasteiger charge is -2.25. The molecule has 0 atom stereocenters. The van der Waals surface area contributed by atoms with E-state index < -0.39 is 11.4 Å². The first-order chi connectivity index (χ1) is 7.35. The van der Waals surface area contributed by atoms with Crippen LogP contribution >= 0.6 is 0 Å². The third-order valence-electron chi connectivity index (χ3n) is 2.37. The maximum atomic E-state index is 11.9. The van der Waals surface area contributed by atoms with Gasteiger partial charge in [-0.3, -0.25) is 9.59 Å². The molecule has 0 unspecified atom stereocenters. The van der Waals surface area contributed by atoms with Crippen LogP contribution in [0.25, 0.3) is 0 Å². The molecule has 4 heteroatoms. The first-order valence-corrected chi connectivity index (χ1v) is 5.47. The van der Waals surface area contributed by atoms with Crippen LogP contribution in [0.15, 0.2) is 12.7 Å². The van der Waals surface area contributed by atoms with Gasteiger partial charge in [0, 0.05) is 19.5 Å². The summed E-state index contributed by atoms with van der Waals surface area (Å²) in [7, 11) is 0. The summed E-state index contributed by atoms with van der Waals surface area (Å²) in [5.74, 6) is -1.08. The van der Waals surface area contributed by atoms with Gasteiger partial charge in [-0.25, -0.2) is 0 Å². The van der Waals surface area contributed by atoms with Gasteiger partial charge in [-0.15, -0.1) is 6.58 Å². The van der Waals surface area contributed by atoms with Crippen molar-refractivity contribution in [3.63, 3.8) is 0 Å². The fourth-order valence-corrected chi connectivity index (χ4v) is 1.31. The van der Waals surface area contributed by atoms with Crippen LogP contribution in [-0.4, -0.2) is 35.0 Å². The van der Waals surface area contributed by atoms with Crippen LogP contribution in [-0.2, 0) is 9.59 Å². The van der Waals surface area contributed by atoms with Crippen molar-refractivity contribution < 1.29 is 14.7 Å². The average Bonchev–Trinajstić information content (AvgIpc) is 2.16. The Kier molecular flexibility index (Phi) is 5.78. The van der Waals surface area contributed by atoms with Crippen LogP contribution in [0.1, 0.15) is 33.6 Å². The van der Waals surface area contributed by atoms with E-state index in [1.54, 1.807) is 24.8 Å². The van der Waals surface area contributed by atoms with Gasteiger partial charge in [0.15, 0.2) is 0 Å². The summed E-state index contributed by atoms with van der Waals surface area (Å²) in [5.41, 5.74) is -1.01. The summed E-state index contributed by atoms with van der Waals surface area (Å²) in [6.45, 7) is 9.80. The zero-order chi connectivity index (χ0) is 12.8. The number of hydrogen-bond donors (Lipinski definition) is 1. The normalized spacial score (nSPS) is 10.9. The smallest absolute Gasteiger partial charge is 0.309 e. The van der Waals surface area contributed by atoms with E-state index in [9.17, 15) is 9.59 Å².